The minimum Gasteiger partial charge on any atom is -0.409 e. The normalized spacial score (nSPS) is 13.1. The SMILES string of the molecule is CCCC(NC(=O)c1ccc(F)cc1C)/C(N)=N/O. The van der Waals surface area contributed by atoms with Crippen LogP contribution < -0.4 is 11.1 Å². The molecule has 1 amide bonds. The summed E-state index contributed by atoms with van der Waals surface area (Å²) in [6.07, 6.45) is 1.32. The zero-order valence-electron chi connectivity index (χ0n) is 11.0. The molecular formula is C13H18FN3O2. The summed E-state index contributed by atoms with van der Waals surface area (Å²) in [5, 5.41) is 14.2. The van der Waals surface area contributed by atoms with Crippen LogP contribution in [-0.2, 0) is 0 Å². The van der Waals surface area contributed by atoms with Gasteiger partial charge in [-0.05, 0) is 37.1 Å². The molecule has 104 valence electrons. The van der Waals surface area contributed by atoms with Crippen LogP contribution in [0.4, 0.5) is 4.39 Å². The predicted molar refractivity (Wildman–Crippen MR) is 70.7 cm³/mol. The minimum atomic E-state index is -0.535. The third-order valence-electron chi connectivity index (χ3n) is 2.79. The second-order valence-electron chi connectivity index (χ2n) is 4.30. The van der Waals surface area contributed by atoms with E-state index >= 15 is 0 Å². The summed E-state index contributed by atoms with van der Waals surface area (Å²) in [6.45, 7) is 3.57. The maximum absolute atomic E-state index is 13.0. The number of nitrogens with one attached hydrogen (secondary N) is 1. The van der Waals surface area contributed by atoms with E-state index in [1.54, 1.807) is 6.92 Å². The van der Waals surface area contributed by atoms with Gasteiger partial charge in [-0.2, -0.15) is 0 Å². The largest absolute Gasteiger partial charge is 0.409 e. The molecule has 0 heterocycles. The van der Waals surface area contributed by atoms with Gasteiger partial charge in [0, 0.05) is 5.56 Å². The summed E-state index contributed by atoms with van der Waals surface area (Å²) in [4.78, 5) is 12.1. The van der Waals surface area contributed by atoms with Crippen molar-refractivity contribution in [2.75, 3.05) is 0 Å². The molecule has 0 aliphatic carbocycles. The van der Waals surface area contributed by atoms with Crippen LogP contribution in [0.15, 0.2) is 23.4 Å². The second kappa shape index (κ2) is 6.72. The number of nitrogens with zero attached hydrogens (tertiary/aromatic N) is 1. The number of aryl methyl sites for hydroxylation is 1. The molecule has 1 unspecified atom stereocenters. The number of benzene rings is 1. The van der Waals surface area contributed by atoms with Crippen LogP contribution in [0.5, 0.6) is 0 Å². The topological polar surface area (TPSA) is 87.7 Å². The summed E-state index contributed by atoms with van der Waals surface area (Å²) >= 11 is 0. The third-order valence-corrected chi connectivity index (χ3v) is 2.79. The van der Waals surface area contributed by atoms with Crippen molar-refractivity contribution in [3.05, 3.63) is 35.1 Å². The Morgan fingerprint density at radius 1 is 1.58 bits per heavy atom. The van der Waals surface area contributed by atoms with Crippen LogP contribution in [0.3, 0.4) is 0 Å². The van der Waals surface area contributed by atoms with E-state index in [4.69, 9.17) is 10.9 Å². The number of nitrogens with two attached hydrogens (primary N) is 1. The number of rotatable bonds is 5. The lowest BCUT2D eigenvalue weighted by Crippen LogP contribution is -2.44. The molecule has 0 saturated heterocycles. The summed E-state index contributed by atoms with van der Waals surface area (Å²) < 4.78 is 13.0. The van der Waals surface area contributed by atoms with E-state index in [1.807, 2.05) is 6.92 Å². The fourth-order valence-corrected chi connectivity index (χ4v) is 1.77. The fourth-order valence-electron chi connectivity index (χ4n) is 1.77. The van der Waals surface area contributed by atoms with Gasteiger partial charge >= 0.3 is 0 Å². The average molecular weight is 267 g/mol. The van der Waals surface area contributed by atoms with Crippen LogP contribution >= 0.6 is 0 Å². The van der Waals surface area contributed by atoms with Crippen molar-refractivity contribution in [1.82, 2.24) is 5.32 Å². The standard InChI is InChI=1S/C13H18FN3O2/c1-3-4-11(12(15)17-19)16-13(18)10-6-5-9(14)7-8(10)2/h5-7,11,19H,3-4H2,1-2H3,(H2,15,17)(H,16,18). The molecule has 0 aliphatic rings. The van der Waals surface area contributed by atoms with Crippen molar-refractivity contribution >= 4 is 11.7 Å². The summed E-state index contributed by atoms with van der Waals surface area (Å²) in [6, 6.07) is 3.38. The van der Waals surface area contributed by atoms with E-state index in [-0.39, 0.29) is 11.7 Å². The van der Waals surface area contributed by atoms with E-state index in [2.05, 4.69) is 10.5 Å². The zero-order chi connectivity index (χ0) is 14.4. The number of hydrogen-bond acceptors (Lipinski definition) is 3. The molecule has 0 radical (unpaired) electrons. The van der Waals surface area contributed by atoms with Crippen LogP contribution in [0.25, 0.3) is 0 Å². The lowest BCUT2D eigenvalue weighted by atomic mass is 10.1. The smallest absolute Gasteiger partial charge is 0.252 e. The first-order valence-corrected chi connectivity index (χ1v) is 6.04. The number of halogens is 1. The van der Waals surface area contributed by atoms with E-state index in [1.165, 1.54) is 18.2 Å². The molecule has 0 fully saturated rings. The molecule has 6 heteroatoms. The van der Waals surface area contributed by atoms with Crippen LogP contribution in [0.2, 0.25) is 0 Å². The van der Waals surface area contributed by atoms with Crippen molar-refractivity contribution in [1.29, 1.82) is 0 Å². The first kappa shape index (κ1) is 14.9. The van der Waals surface area contributed by atoms with E-state index in [9.17, 15) is 9.18 Å². The summed E-state index contributed by atoms with van der Waals surface area (Å²) in [5.41, 5.74) is 6.42. The van der Waals surface area contributed by atoms with Gasteiger partial charge in [-0.1, -0.05) is 18.5 Å². The monoisotopic (exact) mass is 267 g/mol. The Bertz CT molecular complexity index is 489. The molecule has 4 N–H and O–H groups in total. The Morgan fingerprint density at radius 3 is 2.79 bits per heavy atom. The van der Waals surface area contributed by atoms with Crippen molar-refractivity contribution in [3.8, 4) is 0 Å². The van der Waals surface area contributed by atoms with Gasteiger partial charge in [0.25, 0.3) is 5.91 Å². The van der Waals surface area contributed by atoms with Crippen molar-refractivity contribution < 1.29 is 14.4 Å². The van der Waals surface area contributed by atoms with Crippen LogP contribution in [0.1, 0.15) is 35.7 Å². The predicted octanol–water partition coefficient (Wildman–Crippen LogP) is 1.78. The first-order chi connectivity index (χ1) is 8.99. The van der Waals surface area contributed by atoms with Gasteiger partial charge < -0.3 is 16.3 Å². The highest BCUT2D eigenvalue weighted by molar-refractivity contribution is 5.99. The first-order valence-electron chi connectivity index (χ1n) is 6.04. The van der Waals surface area contributed by atoms with E-state index < -0.39 is 11.9 Å². The Labute approximate surface area is 111 Å². The molecule has 1 aromatic rings. The number of amides is 1. The molecular weight excluding hydrogens is 249 g/mol. The Morgan fingerprint density at radius 2 is 2.26 bits per heavy atom. The highest BCUT2D eigenvalue weighted by atomic mass is 19.1. The number of oxime groups is 1. The van der Waals surface area contributed by atoms with Gasteiger partial charge in [0.05, 0.1) is 6.04 Å². The van der Waals surface area contributed by atoms with Gasteiger partial charge in [-0.25, -0.2) is 4.39 Å². The van der Waals surface area contributed by atoms with Crippen LogP contribution in [-0.4, -0.2) is 23.0 Å². The number of amidine groups is 1. The highest BCUT2D eigenvalue weighted by Gasteiger charge is 2.18. The molecule has 0 aliphatic heterocycles. The second-order valence-corrected chi connectivity index (χ2v) is 4.30. The number of carbonyl (C=O) groups excluding carboxylic acids is 1. The lowest BCUT2D eigenvalue weighted by molar-refractivity contribution is 0.0944. The number of carbonyl (C=O) groups is 1. The van der Waals surface area contributed by atoms with Crippen LogP contribution in [0, 0.1) is 12.7 Å². The molecule has 0 spiro atoms. The molecule has 5 nitrogen and oxygen atoms in total. The lowest BCUT2D eigenvalue weighted by Gasteiger charge is -2.17. The Hall–Kier alpha value is -2.11. The van der Waals surface area contributed by atoms with Gasteiger partial charge in [0.15, 0.2) is 5.84 Å². The Kier molecular flexibility index (Phi) is 5.29. The van der Waals surface area contributed by atoms with Crippen molar-refractivity contribution in [2.24, 2.45) is 10.9 Å². The minimum absolute atomic E-state index is 0.0463. The molecule has 1 rings (SSSR count). The number of hydrogen-bond donors (Lipinski definition) is 3. The molecule has 1 atom stereocenters. The van der Waals surface area contributed by atoms with Crippen molar-refractivity contribution in [3.63, 3.8) is 0 Å². The van der Waals surface area contributed by atoms with Gasteiger partial charge in [0.2, 0.25) is 0 Å². The van der Waals surface area contributed by atoms with Crippen molar-refractivity contribution in [2.45, 2.75) is 32.7 Å². The maximum atomic E-state index is 13.0. The highest BCUT2D eigenvalue weighted by Crippen LogP contribution is 2.10. The molecule has 1 aromatic carbocycles. The Balaban J connectivity index is 2.87. The van der Waals surface area contributed by atoms with Gasteiger partial charge in [0.1, 0.15) is 5.82 Å². The summed E-state index contributed by atoms with van der Waals surface area (Å²) in [5.74, 6) is -0.812. The van der Waals surface area contributed by atoms with Gasteiger partial charge in [-0.15, -0.1) is 0 Å². The third kappa shape index (κ3) is 3.94. The average Bonchev–Trinajstić information content (AvgIpc) is 2.37. The molecule has 0 bridgehead atoms. The van der Waals surface area contributed by atoms with E-state index in [0.29, 0.717) is 17.5 Å². The molecule has 19 heavy (non-hydrogen) atoms. The van der Waals surface area contributed by atoms with E-state index in [0.717, 1.165) is 6.42 Å². The molecule has 0 saturated carbocycles. The zero-order valence-corrected chi connectivity index (χ0v) is 11.0. The fraction of sp³-hybridized carbons (Fsp3) is 0.385. The van der Waals surface area contributed by atoms with Gasteiger partial charge in [-0.3, -0.25) is 4.79 Å². The molecule has 0 aromatic heterocycles. The maximum Gasteiger partial charge on any atom is 0.252 e. The quantitative estimate of drug-likeness (QED) is 0.329. The summed E-state index contributed by atoms with van der Waals surface area (Å²) in [7, 11) is 0.